The van der Waals surface area contributed by atoms with Gasteiger partial charge in [0, 0.05) is 24.6 Å². The minimum Gasteiger partial charge on any atom is -0.355 e. The first-order chi connectivity index (χ1) is 14.9. The highest BCUT2D eigenvalue weighted by molar-refractivity contribution is 7.90. The Morgan fingerprint density at radius 1 is 1.10 bits per heavy atom. The number of benzene rings is 2. The molecule has 31 heavy (non-hydrogen) atoms. The van der Waals surface area contributed by atoms with Gasteiger partial charge in [0.25, 0.3) is 10.0 Å². The number of aryl methyl sites for hydroxylation is 2. The summed E-state index contributed by atoms with van der Waals surface area (Å²) in [6.45, 7) is 3.34. The average Bonchev–Trinajstić information content (AvgIpc) is 3.05. The van der Waals surface area contributed by atoms with Crippen molar-refractivity contribution >= 4 is 21.8 Å². The second kappa shape index (κ2) is 7.79. The monoisotopic (exact) mass is 437 g/mol. The van der Waals surface area contributed by atoms with E-state index in [1.54, 1.807) is 18.2 Å². The number of nitrogens with zero attached hydrogens (tertiary/aromatic N) is 2. The van der Waals surface area contributed by atoms with Crippen LogP contribution in [-0.2, 0) is 21.2 Å². The summed E-state index contributed by atoms with van der Waals surface area (Å²) in [7, 11) is -3.62. The van der Waals surface area contributed by atoms with Crippen LogP contribution in [0.2, 0.25) is 0 Å². The number of fused-ring (bicyclic) bond motifs is 2. The van der Waals surface area contributed by atoms with E-state index in [0.29, 0.717) is 37.3 Å². The molecule has 1 fully saturated rings. The molecule has 5 rings (SSSR count). The van der Waals surface area contributed by atoms with Crippen LogP contribution in [-0.4, -0.2) is 38.2 Å². The molecule has 0 saturated carbocycles. The first kappa shape index (κ1) is 20.2. The third kappa shape index (κ3) is 3.76. The molecule has 1 aliphatic carbocycles. The lowest BCUT2D eigenvalue weighted by atomic mass is 9.86. The Morgan fingerprint density at radius 3 is 2.68 bits per heavy atom. The second-order valence-electron chi connectivity index (χ2n) is 8.80. The fraction of sp³-hybridized carbons (Fsp3) is 0.417. The number of piperidine rings is 1. The van der Waals surface area contributed by atoms with Crippen molar-refractivity contribution in [2.45, 2.75) is 50.0 Å². The highest BCUT2D eigenvalue weighted by Crippen LogP contribution is 2.32. The number of amidine groups is 1. The van der Waals surface area contributed by atoms with Crippen LogP contribution < -0.4 is 5.32 Å². The van der Waals surface area contributed by atoms with Crippen LogP contribution in [0.5, 0.6) is 0 Å². The van der Waals surface area contributed by atoms with Gasteiger partial charge in [-0.25, -0.2) is 0 Å². The zero-order chi connectivity index (χ0) is 21.6. The van der Waals surface area contributed by atoms with E-state index < -0.39 is 10.0 Å². The third-order valence-electron chi connectivity index (χ3n) is 6.71. The summed E-state index contributed by atoms with van der Waals surface area (Å²) in [5.41, 5.74) is 4.50. The molecule has 0 radical (unpaired) electrons. The summed E-state index contributed by atoms with van der Waals surface area (Å²) in [5, 5.41) is 3.30. The number of rotatable bonds is 2. The van der Waals surface area contributed by atoms with Gasteiger partial charge in [0.2, 0.25) is 5.91 Å². The van der Waals surface area contributed by atoms with Crippen molar-refractivity contribution in [3.8, 4) is 0 Å². The van der Waals surface area contributed by atoms with Crippen LogP contribution >= 0.6 is 0 Å². The van der Waals surface area contributed by atoms with Gasteiger partial charge in [0.1, 0.15) is 4.90 Å². The Balaban J connectivity index is 1.25. The summed E-state index contributed by atoms with van der Waals surface area (Å²) in [5.74, 6) is 0.576. The standard InChI is InChI=1S/C24H27N3O3S/c1-16-9-10-17-5-4-7-21(20(17)15-16)25-24(28)18-11-13-27(14-12-18)23-19-6-2-3-8-22(19)31(29,30)26-23/h2-3,6,8-10,15,18,21H,4-5,7,11-14H2,1H3,(H,25,28)/t21-/m1/s1. The van der Waals surface area contributed by atoms with Crippen molar-refractivity contribution in [3.63, 3.8) is 0 Å². The van der Waals surface area contributed by atoms with E-state index >= 15 is 0 Å². The maximum atomic E-state index is 13.0. The quantitative estimate of drug-likeness (QED) is 0.782. The van der Waals surface area contributed by atoms with Gasteiger partial charge in [-0.3, -0.25) is 4.79 Å². The lowest BCUT2D eigenvalue weighted by Crippen LogP contribution is -2.44. The van der Waals surface area contributed by atoms with Crippen LogP contribution in [0.25, 0.3) is 0 Å². The Bertz CT molecular complexity index is 1160. The molecule has 2 aromatic carbocycles. The van der Waals surface area contributed by atoms with Gasteiger partial charge in [-0.15, -0.1) is 4.40 Å². The van der Waals surface area contributed by atoms with Crippen molar-refractivity contribution in [2.24, 2.45) is 10.3 Å². The number of sulfonamides is 1. The fourth-order valence-corrected chi connectivity index (χ4v) is 6.26. The number of carbonyl (C=O) groups excluding carboxylic acids is 1. The fourth-order valence-electron chi connectivity index (χ4n) is 5.03. The molecular weight excluding hydrogens is 410 g/mol. The van der Waals surface area contributed by atoms with Crippen molar-refractivity contribution in [1.29, 1.82) is 0 Å². The zero-order valence-corrected chi connectivity index (χ0v) is 18.5. The molecule has 3 aliphatic rings. The predicted octanol–water partition coefficient (Wildman–Crippen LogP) is 3.35. The van der Waals surface area contributed by atoms with E-state index in [0.717, 1.165) is 19.3 Å². The van der Waals surface area contributed by atoms with Gasteiger partial charge < -0.3 is 10.2 Å². The summed E-state index contributed by atoms with van der Waals surface area (Å²) >= 11 is 0. The molecule has 0 aromatic heterocycles. The number of hydrogen-bond acceptors (Lipinski definition) is 4. The maximum Gasteiger partial charge on any atom is 0.285 e. The number of carbonyl (C=O) groups is 1. The van der Waals surface area contributed by atoms with E-state index in [4.69, 9.17) is 0 Å². The summed E-state index contributed by atoms with van der Waals surface area (Å²) in [6.07, 6.45) is 4.54. The van der Waals surface area contributed by atoms with Crippen LogP contribution in [0.4, 0.5) is 0 Å². The van der Waals surface area contributed by atoms with Crippen molar-refractivity contribution in [2.75, 3.05) is 13.1 Å². The lowest BCUT2D eigenvalue weighted by molar-refractivity contribution is -0.127. The highest BCUT2D eigenvalue weighted by Gasteiger charge is 2.35. The molecule has 7 heteroatoms. The SMILES string of the molecule is Cc1ccc2c(c1)[C@H](NC(=O)C1CCN(C3=NS(=O)(=O)c4ccccc43)CC1)CCC2. The van der Waals surface area contributed by atoms with Gasteiger partial charge in [-0.05, 0) is 62.3 Å². The van der Waals surface area contributed by atoms with E-state index in [9.17, 15) is 13.2 Å². The molecule has 162 valence electrons. The highest BCUT2D eigenvalue weighted by atomic mass is 32.2. The van der Waals surface area contributed by atoms with Crippen LogP contribution in [0.15, 0.2) is 51.8 Å². The normalized spacial score (nSPS) is 22.4. The maximum absolute atomic E-state index is 13.0. The van der Waals surface area contributed by atoms with E-state index in [1.165, 1.54) is 16.7 Å². The molecule has 1 amide bonds. The van der Waals surface area contributed by atoms with E-state index in [-0.39, 0.29) is 22.8 Å². The molecule has 1 saturated heterocycles. The largest absolute Gasteiger partial charge is 0.355 e. The van der Waals surface area contributed by atoms with Gasteiger partial charge in [0.15, 0.2) is 5.84 Å². The van der Waals surface area contributed by atoms with Crippen molar-refractivity contribution < 1.29 is 13.2 Å². The zero-order valence-electron chi connectivity index (χ0n) is 17.7. The van der Waals surface area contributed by atoms with E-state index in [2.05, 4.69) is 34.8 Å². The first-order valence-corrected chi connectivity index (χ1v) is 12.5. The predicted molar refractivity (Wildman–Crippen MR) is 119 cm³/mol. The van der Waals surface area contributed by atoms with Crippen LogP contribution in [0.3, 0.4) is 0 Å². The van der Waals surface area contributed by atoms with Crippen molar-refractivity contribution in [1.82, 2.24) is 10.2 Å². The summed E-state index contributed by atoms with van der Waals surface area (Å²) in [6, 6.07) is 13.6. The Morgan fingerprint density at radius 2 is 1.87 bits per heavy atom. The topological polar surface area (TPSA) is 78.8 Å². The molecule has 2 aromatic rings. The third-order valence-corrected chi connectivity index (χ3v) is 8.04. The van der Waals surface area contributed by atoms with Gasteiger partial charge in [0.05, 0.1) is 6.04 Å². The molecular formula is C24H27N3O3S. The molecule has 1 N–H and O–H groups in total. The van der Waals surface area contributed by atoms with Crippen molar-refractivity contribution in [3.05, 3.63) is 64.7 Å². The van der Waals surface area contributed by atoms with E-state index in [1.807, 2.05) is 11.0 Å². The van der Waals surface area contributed by atoms with Gasteiger partial charge in [-0.2, -0.15) is 8.42 Å². The minimum atomic E-state index is -3.62. The number of amides is 1. The molecule has 0 spiro atoms. The number of nitrogens with one attached hydrogen (secondary N) is 1. The van der Waals surface area contributed by atoms with Crippen LogP contribution in [0, 0.1) is 12.8 Å². The molecule has 6 nitrogen and oxygen atoms in total. The Hall–Kier alpha value is -2.67. The smallest absolute Gasteiger partial charge is 0.285 e. The number of likely N-dealkylation sites (tertiary alicyclic amines) is 1. The molecule has 1 atom stereocenters. The summed E-state index contributed by atoms with van der Waals surface area (Å²) < 4.78 is 28.7. The second-order valence-corrected chi connectivity index (χ2v) is 10.4. The molecule has 0 unspecified atom stereocenters. The van der Waals surface area contributed by atoms with Gasteiger partial charge >= 0.3 is 0 Å². The molecule has 2 heterocycles. The Labute approximate surface area is 183 Å². The summed E-state index contributed by atoms with van der Waals surface area (Å²) in [4.78, 5) is 15.3. The lowest BCUT2D eigenvalue weighted by Gasteiger charge is -2.34. The minimum absolute atomic E-state index is 0.0553. The Kier molecular flexibility index (Phi) is 5.08. The van der Waals surface area contributed by atoms with Crippen LogP contribution in [0.1, 0.15) is 54.0 Å². The van der Waals surface area contributed by atoms with Gasteiger partial charge in [-0.1, -0.05) is 35.9 Å². The molecule has 0 bridgehead atoms. The first-order valence-electron chi connectivity index (χ1n) is 11.0. The molecule has 2 aliphatic heterocycles. The average molecular weight is 438 g/mol. The number of hydrogen-bond donors (Lipinski definition) is 1.